The summed E-state index contributed by atoms with van der Waals surface area (Å²) in [5.41, 5.74) is 4.21. The maximum atomic E-state index is 13.8. The highest BCUT2D eigenvalue weighted by Crippen LogP contribution is 2.39. The molecule has 194 valence electrons. The summed E-state index contributed by atoms with van der Waals surface area (Å²) in [5, 5.41) is 4.38. The SMILES string of the molecule is CCCOC(=O)c1c(NC(=O)c2cc(-c3ccc4c(c3)OCO4)nc3ccccc23)sc2c1CCCCC2. The highest BCUT2D eigenvalue weighted by atomic mass is 32.1. The van der Waals surface area contributed by atoms with Crippen molar-refractivity contribution in [2.75, 3.05) is 18.7 Å². The van der Waals surface area contributed by atoms with E-state index in [4.69, 9.17) is 19.2 Å². The van der Waals surface area contributed by atoms with Gasteiger partial charge in [-0.25, -0.2) is 9.78 Å². The van der Waals surface area contributed by atoms with Crippen molar-refractivity contribution in [2.45, 2.75) is 45.4 Å². The van der Waals surface area contributed by atoms with Crippen LogP contribution in [0, 0.1) is 0 Å². The van der Waals surface area contributed by atoms with Crippen molar-refractivity contribution in [3.8, 4) is 22.8 Å². The third-order valence-corrected chi connectivity index (χ3v) is 8.13. The van der Waals surface area contributed by atoms with Crippen LogP contribution >= 0.6 is 11.3 Å². The number of amides is 1. The number of nitrogens with zero attached hydrogens (tertiary/aromatic N) is 1. The standard InChI is InChI=1S/C30H28N2O5S/c1-2-14-35-30(34)27-20-9-4-3-5-11-26(20)38-29(27)32-28(33)21-16-23(31-22-10-7-6-8-19(21)22)18-12-13-24-25(15-18)37-17-36-24/h6-8,10,12-13,15-16H,2-5,9,11,14,17H2,1H3,(H,32,33). The Balaban J connectivity index is 1.40. The van der Waals surface area contributed by atoms with Crippen LogP contribution < -0.4 is 14.8 Å². The molecule has 1 amide bonds. The molecule has 2 aromatic carbocycles. The second kappa shape index (κ2) is 10.5. The predicted octanol–water partition coefficient (Wildman–Crippen LogP) is 6.78. The minimum atomic E-state index is -0.359. The second-order valence-electron chi connectivity index (χ2n) is 9.50. The monoisotopic (exact) mass is 528 g/mol. The molecule has 2 aromatic heterocycles. The lowest BCUT2D eigenvalue weighted by Crippen LogP contribution is -2.16. The molecule has 3 heterocycles. The molecule has 1 N–H and O–H groups in total. The number of ether oxygens (including phenoxy) is 3. The molecule has 1 aliphatic carbocycles. The average Bonchev–Trinajstić information content (AvgIpc) is 3.47. The van der Waals surface area contributed by atoms with E-state index in [1.54, 1.807) is 6.07 Å². The van der Waals surface area contributed by atoms with E-state index in [-0.39, 0.29) is 18.7 Å². The molecule has 7 nitrogen and oxygen atoms in total. The van der Waals surface area contributed by atoms with Crippen molar-refractivity contribution in [1.82, 2.24) is 4.98 Å². The molecule has 6 rings (SSSR count). The Morgan fingerprint density at radius 2 is 1.87 bits per heavy atom. The first kappa shape index (κ1) is 24.4. The molecule has 0 saturated carbocycles. The number of carbonyl (C=O) groups excluding carboxylic acids is 2. The van der Waals surface area contributed by atoms with Gasteiger partial charge in [0.2, 0.25) is 6.79 Å². The molecule has 0 atom stereocenters. The summed E-state index contributed by atoms with van der Waals surface area (Å²) in [7, 11) is 0. The Hall–Kier alpha value is -3.91. The van der Waals surface area contributed by atoms with E-state index in [0.29, 0.717) is 45.4 Å². The van der Waals surface area contributed by atoms with Gasteiger partial charge in [0.05, 0.1) is 28.9 Å². The van der Waals surface area contributed by atoms with Gasteiger partial charge in [0, 0.05) is 15.8 Å². The van der Waals surface area contributed by atoms with Crippen LogP contribution in [-0.2, 0) is 17.6 Å². The second-order valence-corrected chi connectivity index (χ2v) is 10.6. The smallest absolute Gasteiger partial charge is 0.341 e. The molecule has 0 bridgehead atoms. The van der Waals surface area contributed by atoms with Gasteiger partial charge >= 0.3 is 5.97 Å². The van der Waals surface area contributed by atoms with E-state index in [2.05, 4.69) is 5.32 Å². The van der Waals surface area contributed by atoms with Crippen LogP contribution in [0.15, 0.2) is 48.5 Å². The molecule has 4 aromatic rings. The van der Waals surface area contributed by atoms with Gasteiger partial charge in [-0.05, 0) is 68.0 Å². The summed E-state index contributed by atoms with van der Waals surface area (Å²) >= 11 is 1.50. The topological polar surface area (TPSA) is 86.8 Å². The zero-order chi connectivity index (χ0) is 26.1. The van der Waals surface area contributed by atoms with Gasteiger partial charge in [-0.1, -0.05) is 31.5 Å². The molecule has 2 aliphatic rings. The Kier molecular flexibility index (Phi) is 6.72. The number of pyridine rings is 1. The number of esters is 1. The number of aromatic nitrogens is 1. The number of carbonyl (C=O) groups is 2. The Morgan fingerprint density at radius 1 is 1.03 bits per heavy atom. The van der Waals surface area contributed by atoms with Crippen molar-refractivity contribution in [3.63, 3.8) is 0 Å². The minimum absolute atomic E-state index is 0.186. The number of hydrogen-bond acceptors (Lipinski definition) is 7. The number of thiophene rings is 1. The van der Waals surface area contributed by atoms with Crippen molar-refractivity contribution in [1.29, 1.82) is 0 Å². The fraction of sp³-hybridized carbons (Fsp3) is 0.300. The zero-order valence-corrected chi connectivity index (χ0v) is 22.0. The van der Waals surface area contributed by atoms with Gasteiger partial charge in [-0.15, -0.1) is 11.3 Å². The summed E-state index contributed by atoms with van der Waals surface area (Å²) in [6.07, 6.45) is 5.72. The lowest BCUT2D eigenvalue weighted by atomic mass is 10.0. The van der Waals surface area contributed by atoms with Crippen molar-refractivity contribution >= 4 is 39.1 Å². The van der Waals surface area contributed by atoms with Gasteiger partial charge in [-0.3, -0.25) is 4.79 Å². The normalized spacial score (nSPS) is 14.1. The molecule has 0 fully saturated rings. The highest BCUT2D eigenvalue weighted by Gasteiger charge is 2.27. The lowest BCUT2D eigenvalue weighted by molar-refractivity contribution is 0.0505. The molecule has 0 spiro atoms. The van der Waals surface area contributed by atoms with Crippen molar-refractivity contribution in [3.05, 3.63) is 70.1 Å². The third kappa shape index (κ3) is 4.60. The number of nitrogens with one attached hydrogen (secondary N) is 1. The van der Waals surface area contributed by atoms with E-state index >= 15 is 0 Å². The Morgan fingerprint density at radius 3 is 2.76 bits per heavy atom. The van der Waals surface area contributed by atoms with E-state index in [9.17, 15) is 9.59 Å². The largest absolute Gasteiger partial charge is 0.462 e. The fourth-order valence-corrected chi connectivity index (χ4v) is 6.32. The summed E-state index contributed by atoms with van der Waals surface area (Å²) in [6.45, 7) is 2.51. The molecule has 0 unspecified atom stereocenters. The molecule has 0 radical (unpaired) electrons. The van der Waals surface area contributed by atoms with Gasteiger partial charge in [-0.2, -0.15) is 0 Å². The summed E-state index contributed by atoms with van der Waals surface area (Å²) < 4.78 is 16.5. The van der Waals surface area contributed by atoms with E-state index < -0.39 is 0 Å². The number of fused-ring (bicyclic) bond motifs is 3. The predicted molar refractivity (Wildman–Crippen MR) is 147 cm³/mol. The molecule has 38 heavy (non-hydrogen) atoms. The maximum absolute atomic E-state index is 13.8. The number of rotatable bonds is 6. The van der Waals surface area contributed by atoms with Crippen LogP contribution in [0.2, 0.25) is 0 Å². The quantitative estimate of drug-likeness (QED) is 0.219. The van der Waals surface area contributed by atoms with Crippen LogP contribution in [0.4, 0.5) is 5.00 Å². The Labute approximate surface area is 224 Å². The highest BCUT2D eigenvalue weighted by molar-refractivity contribution is 7.17. The van der Waals surface area contributed by atoms with Gasteiger partial charge in [0.15, 0.2) is 11.5 Å². The average molecular weight is 529 g/mol. The van der Waals surface area contributed by atoms with E-state index in [1.165, 1.54) is 16.2 Å². The van der Waals surface area contributed by atoms with E-state index in [0.717, 1.165) is 55.0 Å². The van der Waals surface area contributed by atoms with Gasteiger partial charge in [0.25, 0.3) is 5.91 Å². The number of anilines is 1. The van der Waals surface area contributed by atoms with Crippen LogP contribution in [0.25, 0.3) is 22.2 Å². The van der Waals surface area contributed by atoms with Gasteiger partial charge < -0.3 is 19.5 Å². The lowest BCUT2D eigenvalue weighted by Gasteiger charge is -2.12. The van der Waals surface area contributed by atoms with Crippen LogP contribution in [-0.4, -0.2) is 30.3 Å². The summed E-state index contributed by atoms with van der Waals surface area (Å²) in [5.74, 6) is 0.694. The Bertz CT molecular complexity index is 1540. The van der Waals surface area contributed by atoms with Crippen LogP contribution in [0.5, 0.6) is 11.5 Å². The summed E-state index contributed by atoms with van der Waals surface area (Å²) in [6, 6.07) is 15.0. The molecular formula is C30H28N2O5S. The maximum Gasteiger partial charge on any atom is 0.341 e. The molecule has 1 aliphatic heterocycles. The first-order valence-corrected chi connectivity index (χ1v) is 13.9. The first-order chi connectivity index (χ1) is 18.6. The fourth-order valence-electron chi connectivity index (χ4n) is 5.05. The van der Waals surface area contributed by atoms with Crippen LogP contribution in [0.3, 0.4) is 0 Å². The molecular weight excluding hydrogens is 500 g/mol. The number of hydrogen-bond donors (Lipinski definition) is 1. The zero-order valence-electron chi connectivity index (χ0n) is 21.2. The van der Waals surface area contributed by atoms with E-state index in [1.807, 2.05) is 49.4 Å². The third-order valence-electron chi connectivity index (χ3n) is 6.92. The molecule has 8 heteroatoms. The van der Waals surface area contributed by atoms with Crippen molar-refractivity contribution in [2.24, 2.45) is 0 Å². The summed E-state index contributed by atoms with van der Waals surface area (Å²) in [4.78, 5) is 33.0. The molecule has 0 saturated heterocycles. The number of aryl methyl sites for hydroxylation is 1. The number of benzene rings is 2. The van der Waals surface area contributed by atoms with Gasteiger partial charge in [0.1, 0.15) is 5.00 Å². The first-order valence-electron chi connectivity index (χ1n) is 13.0. The minimum Gasteiger partial charge on any atom is -0.462 e. The van der Waals surface area contributed by atoms with Crippen LogP contribution in [0.1, 0.15) is 63.8 Å². The number of para-hydroxylation sites is 1. The van der Waals surface area contributed by atoms with Crippen molar-refractivity contribution < 1.29 is 23.8 Å².